The summed E-state index contributed by atoms with van der Waals surface area (Å²) in [5.41, 5.74) is 4.40. The molecular weight excluding hydrogens is 363 g/mol. The van der Waals surface area contributed by atoms with E-state index in [9.17, 15) is 0 Å². The van der Waals surface area contributed by atoms with Crippen LogP contribution in [0.5, 0.6) is 0 Å². The Balaban J connectivity index is 1.92. The van der Waals surface area contributed by atoms with Gasteiger partial charge >= 0.3 is 0 Å². The van der Waals surface area contributed by atoms with E-state index in [0.717, 1.165) is 33.2 Å². The van der Waals surface area contributed by atoms with Crippen LogP contribution in [0, 0.1) is 0 Å². The quantitative estimate of drug-likeness (QED) is 0.516. The Hall–Kier alpha value is -2.29. The van der Waals surface area contributed by atoms with Crippen LogP contribution < -0.4 is 5.32 Å². The molecule has 2 nitrogen and oxygen atoms in total. The normalized spacial score (nSPS) is 19.1. The molecule has 0 saturated heterocycles. The molecule has 3 aromatic carbocycles. The smallest absolute Gasteiger partial charge is 0.0864 e. The van der Waals surface area contributed by atoms with Crippen LogP contribution in [0.3, 0.4) is 0 Å². The van der Waals surface area contributed by atoms with Crippen molar-refractivity contribution < 1.29 is 0 Å². The summed E-state index contributed by atoms with van der Waals surface area (Å²) in [7, 11) is 0. The van der Waals surface area contributed by atoms with Gasteiger partial charge in [0, 0.05) is 22.0 Å². The molecule has 0 bridgehead atoms. The van der Waals surface area contributed by atoms with Crippen molar-refractivity contribution >= 4 is 40.3 Å². The van der Waals surface area contributed by atoms with Crippen LogP contribution in [0.2, 0.25) is 10.0 Å². The van der Waals surface area contributed by atoms with Crippen LogP contribution in [0.25, 0.3) is 0 Å². The van der Waals surface area contributed by atoms with Gasteiger partial charge in [0.2, 0.25) is 0 Å². The molecule has 4 rings (SSSR count). The molecule has 26 heavy (non-hydrogen) atoms. The molecule has 3 aromatic rings. The number of anilines is 1. The number of nitrogens with zero attached hydrogens (tertiary/aromatic N) is 1. The van der Waals surface area contributed by atoms with Crippen LogP contribution in [0.15, 0.2) is 77.8 Å². The van der Waals surface area contributed by atoms with Crippen molar-refractivity contribution in [2.75, 3.05) is 5.32 Å². The predicted molar refractivity (Wildman–Crippen MR) is 111 cm³/mol. The number of para-hydroxylation sites is 2. The zero-order chi connectivity index (χ0) is 18.1. The lowest BCUT2D eigenvalue weighted by Crippen LogP contribution is -2.34. The van der Waals surface area contributed by atoms with E-state index in [-0.39, 0.29) is 0 Å². The highest BCUT2D eigenvalue weighted by Crippen LogP contribution is 2.41. The lowest BCUT2D eigenvalue weighted by molar-refractivity contribution is 0.571. The number of halogens is 2. The van der Waals surface area contributed by atoms with Crippen LogP contribution in [0.4, 0.5) is 11.4 Å². The minimum Gasteiger partial charge on any atom is -0.374 e. The lowest BCUT2D eigenvalue weighted by Gasteiger charge is -2.32. The van der Waals surface area contributed by atoms with E-state index < -0.39 is 5.54 Å². The van der Waals surface area contributed by atoms with E-state index in [2.05, 4.69) is 18.3 Å². The largest absolute Gasteiger partial charge is 0.374 e. The highest BCUT2D eigenvalue weighted by molar-refractivity contribution is 6.34. The summed E-state index contributed by atoms with van der Waals surface area (Å²) < 4.78 is 0. The molecule has 0 radical (unpaired) electrons. The van der Waals surface area contributed by atoms with E-state index in [4.69, 9.17) is 28.2 Å². The Morgan fingerprint density at radius 1 is 0.846 bits per heavy atom. The van der Waals surface area contributed by atoms with Crippen LogP contribution >= 0.6 is 23.2 Å². The van der Waals surface area contributed by atoms with E-state index in [0.29, 0.717) is 11.4 Å². The standard InChI is InChI=1S/C22H18Cl2N2/c1-22(16-9-3-5-11-18(16)24)14-21(15-8-2-4-10-17(15)23)25-19-12-6-7-13-20(19)26-22/h2-13,26H,14H2,1H3. The van der Waals surface area contributed by atoms with Gasteiger partial charge < -0.3 is 5.32 Å². The topological polar surface area (TPSA) is 24.4 Å². The summed E-state index contributed by atoms with van der Waals surface area (Å²) in [6, 6.07) is 23.8. The van der Waals surface area contributed by atoms with E-state index in [1.54, 1.807) is 0 Å². The van der Waals surface area contributed by atoms with Crippen molar-refractivity contribution in [1.82, 2.24) is 0 Å². The number of hydrogen-bond donors (Lipinski definition) is 1. The Bertz CT molecular complexity index is 997. The van der Waals surface area contributed by atoms with Crippen molar-refractivity contribution in [1.29, 1.82) is 0 Å². The molecule has 0 spiro atoms. The van der Waals surface area contributed by atoms with E-state index >= 15 is 0 Å². The molecule has 0 amide bonds. The molecule has 0 saturated carbocycles. The zero-order valence-electron chi connectivity index (χ0n) is 14.3. The molecule has 0 fully saturated rings. The average Bonchev–Trinajstić information content (AvgIpc) is 2.78. The molecule has 1 heterocycles. The summed E-state index contributed by atoms with van der Waals surface area (Å²) in [4.78, 5) is 4.95. The Labute approximate surface area is 163 Å². The maximum atomic E-state index is 6.55. The second-order valence-corrected chi connectivity index (χ2v) is 7.48. The van der Waals surface area contributed by atoms with Crippen molar-refractivity contribution in [2.45, 2.75) is 18.9 Å². The number of rotatable bonds is 2. The molecule has 1 aliphatic rings. The van der Waals surface area contributed by atoms with Gasteiger partial charge in [-0.2, -0.15) is 0 Å². The van der Waals surface area contributed by atoms with Gasteiger partial charge in [-0.1, -0.05) is 71.7 Å². The lowest BCUT2D eigenvalue weighted by atomic mass is 9.85. The number of hydrogen-bond acceptors (Lipinski definition) is 2. The van der Waals surface area contributed by atoms with Crippen LogP contribution in [-0.2, 0) is 5.54 Å². The summed E-state index contributed by atoms with van der Waals surface area (Å²) in [6.07, 6.45) is 0.662. The van der Waals surface area contributed by atoms with Gasteiger partial charge in [0.1, 0.15) is 0 Å². The van der Waals surface area contributed by atoms with Gasteiger partial charge in [0.15, 0.2) is 0 Å². The first-order valence-corrected chi connectivity index (χ1v) is 9.27. The summed E-state index contributed by atoms with van der Waals surface area (Å²) >= 11 is 13.0. The fourth-order valence-corrected chi connectivity index (χ4v) is 4.05. The van der Waals surface area contributed by atoms with Gasteiger partial charge in [-0.05, 0) is 36.8 Å². The minimum absolute atomic E-state index is 0.414. The maximum Gasteiger partial charge on any atom is 0.0864 e. The average molecular weight is 381 g/mol. The van der Waals surface area contributed by atoms with Crippen LogP contribution in [-0.4, -0.2) is 5.71 Å². The summed E-state index contributed by atoms with van der Waals surface area (Å²) in [6.45, 7) is 2.16. The number of fused-ring (bicyclic) bond motifs is 1. The minimum atomic E-state index is -0.414. The Morgan fingerprint density at radius 2 is 1.50 bits per heavy atom. The second-order valence-electron chi connectivity index (χ2n) is 6.67. The van der Waals surface area contributed by atoms with Gasteiger partial charge in [0.05, 0.1) is 22.6 Å². The molecule has 4 heteroatoms. The molecule has 0 aliphatic carbocycles. The second kappa shape index (κ2) is 6.79. The third-order valence-corrected chi connectivity index (χ3v) is 5.40. The Kier molecular flexibility index (Phi) is 4.47. The molecule has 130 valence electrons. The van der Waals surface area contributed by atoms with Crippen molar-refractivity contribution in [3.05, 3.63) is 94.0 Å². The monoisotopic (exact) mass is 380 g/mol. The zero-order valence-corrected chi connectivity index (χ0v) is 15.9. The van der Waals surface area contributed by atoms with Gasteiger partial charge in [-0.3, -0.25) is 4.99 Å². The third kappa shape index (κ3) is 3.11. The number of nitrogens with one attached hydrogen (secondary N) is 1. The first-order valence-electron chi connectivity index (χ1n) is 8.51. The molecule has 1 aliphatic heterocycles. The SMILES string of the molecule is CC1(c2ccccc2Cl)CC(c2ccccc2Cl)=Nc2ccccc2N1. The van der Waals surface area contributed by atoms with E-state index in [1.807, 2.05) is 66.7 Å². The van der Waals surface area contributed by atoms with Gasteiger partial charge in [-0.25, -0.2) is 0 Å². The van der Waals surface area contributed by atoms with Crippen molar-refractivity contribution in [3.63, 3.8) is 0 Å². The van der Waals surface area contributed by atoms with Gasteiger partial charge in [-0.15, -0.1) is 0 Å². The van der Waals surface area contributed by atoms with Crippen molar-refractivity contribution in [2.24, 2.45) is 4.99 Å². The Morgan fingerprint density at radius 3 is 2.27 bits per heavy atom. The maximum absolute atomic E-state index is 6.55. The summed E-state index contributed by atoms with van der Waals surface area (Å²) in [5, 5.41) is 5.11. The molecular formula is C22H18Cl2N2. The molecule has 1 N–H and O–H groups in total. The van der Waals surface area contributed by atoms with Gasteiger partial charge in [0.25, 0.3) is 0 Å². The molecule has 1 unspecified atom stereocenters. The fraction of sp³-hybridized carbons (Fsp3) is 0.136. The van der Waals surface area contributed by atoms with E-state index in [1.165, 1.54) is 0 Å². The first kappa shape index (κ1) is 17.1. The van der Waals surface area contributed by atoms with Crippen LogP contribution in [0.1, 0.15) is 24.5 Å². The number of aliphatic imine (C=N–C) groups is 1. The molecule has 1 atom stereocenters. The highest BCUT2D eigenvalue weighted by atomic mass is 35.5. The third-order valence-electron chi connectivity index (χ3n) is 4.74. The van der Waals surface area contributed by atoms with Crippen molar-refractivity contribution in [3.8, 4) is 0 Å². The summed E-state index contributed by atoms with van der Waals surface area (Å²) in [5.74, 6) is 0. The number of benzene rings is 3. The predicted octanol–water partition coefficient (Wildman–Crippen LogP) is 6.85. The fourth-order valence-electron chi connectivity index (χ4n) is 3.46. The first-order chi connectivity index (χ1) is 12.6. The highest BCUT2D eigenvalue weighted by Gasteiger charge is 2.33. The molecule has 0 aromatic heterocycles.